The van der Waals surface area contributed by atoms with Crippen molar-refractivity contribution in [3.05, 3.63) is 36.5 Å². The third kappa shape index (κ3) is 4.85. The van der Waals surface area contributed by atoms with Gasteiger partial charge in [-0.25, -0.2) is 0 Å². The summed E-state index contributed by atoms with van der Waals surface area (Å²) in [5.74, 6) is 0.396. The van der Waals surface area contributed by atoms with Crippen LogP contribution < -0.4 is 4.74 Å². The molecular weight excluding hydrogens is 262 g/mol. The molecule has 3 nitrogen and oxygen atoms in total. The summed E-state index contributed by atoms with van der Waals surface area (Å²) in [6.07, 6.45) is 9.20. The second-order valence-corrected chi connectivity index (χ2v) is 5.32. The van der Waals surface area contributed by atoms with Gasteiger partial charge in [0.1, 0.15) is 5.52 Å². The quantitative estimate of drug-likeness (QED) is 0.394. The van der Waals surface area contributed by atoms with E-state index in [-0.39, 0.29) is 5.97 Å². The molecule has 0 fully saturated rings. The van der Waals surface area contributed by atoms with Crippen molar-refractivity contribution in [3.63, 3.8) is 0 Å². The number of rotatable bonds is 8. The minimum atomic E-state index is -0.163. The first-order chi connectivity index (χ1) is 10.3. The molecule has 0 aliphatic rings. The second kappa shape index (κ2) is 8.40. The zero-order valence-corrected chi connectivity index (χ0v) is 12.7. The Morgan fingerprint density at radius 1 is 1.05 bits per heavy atom. The van der Waals surface area contributed by atoms with Crippen LogP contribution >= 0.6 is 0 Å². The number of hydrogen-bond donors (Lipinski definition) is 0. The van der Waals surface area contributed by atoms with Crippen molar-refractivity contribution in [2.75, 3.05) is 0 Å². The molecule has 0 unspecified atom stereocenters. The van der Waals surface area contributed by atoms with Crippen LogP contribution in [0.15, 0.2) is 36.5 Å². The fraction of sp³-hybridized carbons (Fsp3) is 0.444. The average Bonchev–Trinajstić information content (AvgIpc) is 2.51. The van der Waals surface area contributed by atoms with E-state index in [1.54, 1.807) is 12.3 Å². The van der Waals surface area contributed by atoms with Gasteiger partial charge in [-0.2, -0.15) is 0 Å². The molecule has 1 aromatic carbocycles. The van der Waals surface area contributed by atoms with Crippen molar-refractivity contribution < 1.29 is 9.53 Å². The molecule has 0 spiro atoms. The summed E-state index contributed by atoms with van der Waals surface area (Å²) in [4.78, 5) is 16.2. The van der Waals surface area contributed by atoms with Gasteiger partial charge >= 0.3 is 5.97 Å². The number of para-hydroxylation sites is 1. The summed E-state index contributed by atoms with van der Waals surface area (Å²) < 4.78 is 5.45. The number of unbranched alkanes of at least 4 members (excludes halogenated alkanes) is 5. The fourth-order valence-corrected chi connectivity index (χ4v) is 2.38. The Morgan fingerprint density at radius 2 is 1.81 bits per heavy atom. The molecule has 21 heavy (non-hydrogen) atoms. The molecule has 0 aliphatic heterocycles. The minimum absolute atomic E-state index is 0.163. The van der Waals surface area contributed by atoms with Crippen molar-refractivity contribution in [1.29, 1.82) is 0 Å². The number of esters is 1. The van der Waals surface area contributed by atoms with Crippen molar-refractivity contribution in [2.45, 2.75) is 51.9 Å². The molecule has 2 aromatic rings. The first-order valence-electron chi connectivity index (χ1n) is 7.85. The van der Waals surface area contributed by atoms with E-state index in [1.807, 2.05) is 24.3 Å². The van der Waals surface area contributed by atoms with E-state index in [1.165, 1.54) is 25.7 Å². The second-order valence-electron chi connectivity index (χ2n) is 5.32. The Kier molecular flexibility index (Phi) is 6.20. The van der Waals surface area contributed by atoms with E-state index in [9.17, 15) is 4.79 Å². The van der Waals surface area contributed by atoms with Crippen LogP contribution in [0.5, 0.6) is 5.75 Å². The number of pyridine rings is 1. The van der Waals surface area contributed by atoms with E-state index >= 15 is 0 Å². The average molecular weight is 285 g/mol. The number of benzene rings is 1. The first kappa shape index (κ1) is 15.5. The fourth-order valence-electron chi connectivity index (χ4n) is 2.38. The van der Waals surface area contributed by atoms with Gasteiger partial charge in [0.25, 0.3) is 0 Å². The maximum atomic E-state index is 11.9. The molecule has 1 aromatic heterocycles. The van der Waals surface area contributed by atoms with Crippen molar-refractivity contribution in [2.24, 2.45) is 0 Å². The zero-order chi connectivity index (χ0) is 14.9. The highest BCUT2D eigenvalue weighted by Gasteiger charge is 2.08. The first-order valence-corrected chi connectivity index (χ1v) is 7.85. The SMILES string of the molecule is CCCCCCCCC(=O)Oc1cccc2cccnc12. The summed E-state index contributed by atoms with van der Waals surface area (Å²) in [6, 6.07) is 9.50. The number of carbonyl (C=O) groups excluding carboxylic acids is 1. The van der Waals surface area contributed by atoms with E-state index < -0.39 is 0 Å². The molecule has 2 rings (SSSR count). The van der Waals surface area contributed by atoms with Gasteiger partial charge in [0, 0.05) is 18.0 Å². The molecule has 0 N–H and O–H groups in total. The van der Waals surface area contributed by atoms with Gasteiger partial charge < -0.3 is 4.74 Å². The van der Waals surface area contributed by atoms with Crippen LogP contribution in [0.3, 0.4) is 0 Å². The van der Waals surface area contributed by atoms with Crippen LogP contribution in [0.4, 0.5) is 0 Å². The number of fused-ring (bicyclic) bond motifs is 1. The number of aromatic nitrogens is 1. The highest BCUT2D eigenvalue weighted by molar-refractivity contribution is 5.86. The van der Waals surface area contributed by atoms with Crippen molar-refractivity contribution in [1.82, 2.24) is 4.98 Å². The molecule has 3 heteroatoms. The number of carbonyl (C=O) groups is 1. The Hall–Kier alpha value is -1.90. The Balaban J connectivity index is 1.82. The molecule has 1 heterocycles. The van der Waals surface area contributed by atoms with E-state index in [4.69, 9.17) is 4.74 Å². The maximum Gasteiger partial charge on any atom is 0.311 e. The topological polar surface area (TPSA) is 39.2 Å². The lowest BCUT2D eigenvalue weighted by Gasteiger charge is -2.07. The van der Waals surface area contributed by atoms with Crippen LogP contribution in [0.25, 0.3) is 10.9 Å². The number of hydrogen-bond acceptors (Lipinski definition) is 3. The van der Waals surface area contributed by atoms with E-state index in [0.29, 0.717) is 12.2 Å². The summed E-state index contributed by atoms with van der Waals surface area (Å²) in [5.41, 5.74) is 0.747. The Labute approximate surface area is 126 Å². The smallest absolute Gasteiger partial charge is 0.311 e. The third-order valence-electron chi connectivity index (χ3n) is 3.55. The lowest BCUT2D eigenvalue weighted by molar-refractivity contribution is -0.134. The largest absolute Gasteiger partial charge is 0.424 e. The molecular formula is C18H23NO2. The zero-order valence-electron chi connectivity index (χ0n) is 12.7. The molecule has 0 saturated heterocycles. The molecule has 0 atom stereocenters. The molecule has 112 valence electrons. The number of ether oxygens (including phenoxy) is 1. The summed E-state index contributed by atoms with van der Waals surface area (Å²) in [6.45, 7) is 2.20. The lowest BCUT2D eigenvalue weighted by Crippen LogP contribution is -2.08. The summed E-state index contributed by atoms with van der Waals surface area (Å²) in [7, 11) is 0. The van der Waals surface area contributed by atoms with Gasteiger partial charge in [0.05, 0.1) is 0 Å². The van der Waals surface area contributed by atoms with Crippen LogP contribution in [0.1, 0.15) is 51.9 Å². The maximum absolute atomic E-state index is 11.9. The summed E-state index contributed by atoms with van der Waals surface area (Å²) in [5, 5.41) is 0.988. The van der Waals surface area contributed by atoms with Crippen LogP contribution in [0, 0.1) is 0 Å². The summed E-state index contributed by atoms with van der Waals surface area (Å²) >= 11 is 0. The van der Waals surface area contributed by atoms with Crippen molar-refractivity contribution in [3.8, 4) is 5.75 Å². The monoisotopic (exact) mass is 285 g/mol. The number of nitrogens with zero attached hydrogens (tertiary/aromatic N) is 1. The molecule has 0 aliphatic carbocycles. The predicted molar refractivity (Wildman–Crippen MR) is 85.4 cm³/mol. The van der Waals surface area contributed by atoms with E-state index in [0.717, 1.165) is 23.7 Å². The van der Waals surface area contributed by atoms with Crippen LogP contribution in [-0.2, 0) is 4.79 Å². The predicted octanol–water partition coefficient (Wildman–Crippen LogP) is 4.89. The molecule has 0 amide bonds. The van der Waals surface area contributed by atoms with Crippen LogP contribution in [0.2, 0.25) is 0 Å². The van der Waals surface area contributed by atoms with E-state index in [2.05, 4.69) is 11.9 Å². The van der Waals surface area contributed by atoms with Crippen molar-refractivity contribution >= 4 is 16.9 Å². The van der Waals surface area contributed by atoms with Gasteiger partial charge in [-0.3, -0.25) is 9.78 Å². The normalized spacial score (nSPS) is 10.7. The standard InChI is InChI=1S/C18H23NO2/c1-2-3-4-5-6-7-13-17(20)21-16-12-8-10-15-11-9-14-19-18(15)16/h8-12,14H,2-7,13H2,1H3. The van der Waals surface area contributed by atoms with Gasteiger partial charge in [-0.05, 0) is 18.6 Å². The Bertz CT molecular complexity index is 575. The van der Waals surface area contributed by atoms with Gasteiger partial charge in [-0.1, -0.05) is 57.2 Å². The minimum Gasteiger partial charge on any atom is -0.424 e. The molecule has 0 radical (unpaired) electrons. The Morgan fingerprint density at radius 3 is 2.67 bits per heavy atom. The van der Waals surface area contributed by atoms with Crippen LogP contribution in [-0.4, -0.2) is 11.0 Å². The van der Waals surface area contributed by atoms with Gasteiger partial charge in [0.15, 0.2) is 5.75 Å². The van der Waals surface area contributed by atoms with Gasteiger partial charge in [-0.15, -0.1) is 0 Å². The highest BCUT2D eigenvalue weighted by atomic mass is 16.5. The molecule has 0 saturated carbocycles. The highest BCUT2D eigenvalue weighted by Crippen LogP contribution is 2.23. The third-order valence-corrected chi connectivity index (χ3v) is 3.55. The lowest BCUT2D eigenvalue weighted by atomic mass is 10.1. The van der Waals surface area contributed by atoms with Gasteiger partial charge in [0.2, 0.25) is 0 Å². The molecule has 0 bridgehead atoms.